The second-order valence-corrected chi connectivity index (χ2v) is 6.75. The van der Waals surface area contributed by atoms with Crippen LogP contribution in [0.1, 0.15) is 64.2 Å². The van der Waals surface area contributed by atoms with E-state index in [1.807, 2.05) is 0 Å². The van der Waals surface area contributed by atoms with Gasteiger partial charge in [0.25, 0.3) is 0 Å². The Morgan fingerprint density at radius 3 is 2.28 bits per heavy atom. The fourth-order valence-electron chi connectivity index (χ4n) is 4.42. The third-order valence-electron chi connectivity index (χ3n) is 5.51. The summed E-state index contributed by atoms with van der Waals surface area (Å²) >= 11 is 0. The van der Waals surface area contributed by atoms with Crippen LogP contribution in [0.4, 0.5) is 0 Å². The van der Waals surface area contributed by atoms with Gasteiger partial charge >= 0.3 is 0 Å². The molecule has 1 heterocycles. The van der Waals surface area contributed by atoms with Gasteiger partial charge in [0.2, 0.25) is 0 Å². The van der Waals surface area contributed by atoms with Gasteiger partial charge in [-0.1, -0.05) is 25.7 Å². The van der Waals surface area contributed by atoms with Gasteiger partial charge in [0.15, 0.2) is 0 Å². The molecule has 0 bridgehead atoms. The van der Waals surface area contributed by atoms with Gasteiger partial charge in [-0.3, -0.25) is 0 Å². The van der Waals surface area contributed by atoms with E-state index >= 15 is 0 Å². The van der Waals surface area contributed by atoms with Crippen molar-refractivity contribution < 1.29 is 14.9 Å². The summed E-state index contributed by atoms with van der Waals surface area (Å²) in [7, 11) is 0. The molecule has 0 radical (unpaired) electrons. The van der Waals surface area contributed by atoms with Gasteiger partial charge < -0.3 is 14.9 Å². The molecule has 1 spiro atoms. The van der Waals surface area contributed by atoms with Crippen molar-refractivity contribution in [1.29, 1.82) is 0 Å². The topological polar surface area (TPSA) is 49.7 Å². The molecule has 2 atom stereocenters. The molecule has 0 amide bonds. The monoisotopic (exact) mass is 254 g/mol. The molecule has 104 valence electrons. The van der Waals surface area contributed by atoms with E-state index in [1.54, 1.807) is 0 Å². The van der Waals surface area contributed by atoms with Gasteiger partial charge in [-0.15, -0.1) is 0 Å². The molecular formula is C15H26O3. The first kappa shape index (κ1) is 12.9. The summed E-state index contributed by atoms with van der Waals surface area (Å²) in [5.41, 5.74) is -0.763. The Balaban J connectivity index is 1.68. The number of hydrogen-bond acceptors (Lipinski definition) is 3. The zero-order valence-corrected chi connectivity index (χ0v) is 11.2. The number of hydrogen-bond donors (Lipinski definition) is 2. The Morgan fingerprint density at radius 1 is 1.00 bits per heavy atom. The lowest BCUT2D eigenvalue weighted by atomic mass is 9.76. The SMILES string of the molecule is OC(C1CCOC2(CCCC2)C1)C1(O)CCCC1. The lowest BCUT2D eigenvalue weighted by Gasteiger charge is -2.43. The van der Waals surface area contributed by atoms with Crippen LogP contribution in [0, 0.1) is 5.92 Å². The van der Waals surface area contributed by atoms with Crippen LogP contribution in [-0.4, -0.2) is 34.1 Å². The molecule has 2 N–H and O–H groups in total. The second kappa shape index (κ2) is 4.77. The summed E-state index contributed by atoms with van der Waals surface area (Å²) < 4.78 is 6.01. The molecule has 2 aliphatic carbocycles. The fraction of sp³-hybridized carbons (Fsp3) is 1.00. The van der Waals surface area contributed by atoms with E-state index in [9.17, 15) is 10.2 Å². The van der Waals surface area contributed by atoms with Crippen molar-refractivity contribution in [2.75, 3.05) is 6.61 Å². The minimum atomic E-state index is -0.804. The largest absolute Gasteiger partial charge is 0.390 e. The van der Waals surface area contributed by atoms with Gasteiger partial charge in [0, 0.05) is 6.61 Å². The Bertz CT molecular complexity index is 280. The van der Waals surface area contributed by atoms with Crippen LogP contribution >= 0.6 is 0 Å². The lowest BCUT2D eigenvalue weighted by Crippen LogP contribution is -2.49. The number of aliphatic hydroxyl groups is 2. The molecule has 3 fully saturated rings. The molecule has 3 heteroatoms. The minimum absolute atomic E-state index is 0.0405. The van der Waals surface area contributed by atoms with E-state index < -0.39 is 11.7 Å². The van der Waals surface area contributed by atoms with Crippen LogP contribution in [-0.2, 0) is 4.74 Å². The predicted octanol–water partition coefficient (Wildman–Crippen LogP) is 2.39. The summed E-state index contributed by atoms with van der Waals surface area (Å²) in [6.07, 6.45) is 9.80. The predicted molar refractivity (Wildman–Crippen MR) is 69.3 cm³/mol. The van der Waals surface area contributed by atoms with Gasteiger partial charge in [0.05, 0.1) is 17.3 Å². The highest BCUT2D eigenvalue weighted by Crippen LogP contribution is 2.46. The molecule has 1 saturated heterocycles. The Hall–Kier alpha value is -0.120. The molecule has 3 rings (SSSR count). The summed E-state index contributed by atoms with van der Waals surface area (Å²) in [5, 5.41) is 21.1. The van der Waals surface area contributed by atoms with Crippen LogP contribution in [0.5, 0.6) is 0 Å². The molecule has 18 heavy (non-hydrogen) atoms. The molecule has 3 nitrogen and oxygen atoms in total. The molecule has 2 saturated carbocycles. The van der Waals surface area contributed by atoms with Crippen LogP contribution in [0.25, 0.3) is 0 Å². The first-order valence-corrected chi connectivity index (χ1v) is 7.68. The van der Waals surface area contributed by atoms with E-state index in [0.717, 1.165) is 58.0 Å². The fourth-order valence-corrected chi connectivity index (χ4v) is 4.42. The molecule has 2 unspecified atom stereocenters. The van der Waals surface area contributed by atoms with E-state index in [2.05, 4.69) is 0 Å². The van der Waals surface area contributed by atoms with Crippen LogP contribution < -0.4 is 0 Å². The van der Waals surface area contributed by atoms with Crippen LogP contribution in [0.3, 0.4) is 0 Å². The maximum absolute atomic E-state index is 10.6. The number of aliphatic hydroxyl groups excluding tert-OH is 1. The van der Waals surface area contributed by atoms with Crippen LogP contribution in [0.2, 0.25) is 0 Å². The van der Waals surface area contributed by atoms with Crippen molar-refractivity contribution in [3.05, 3.63) is 0 Å². The van der Waals surface area contributed by atoms with E-state index in [1.165, 1.54) is 12.8 Å². The Labute approximate surface area is 110 Å². The highest BCUT2D eigenvalue weighted by Gasteiger charge is 2.47. The highest BCUT2D eigenvalue weighted by atomic mass is 16.5. The number of rotatable bonds is 2. The third-order valence-corrected chi connectivity index (χ3v) is 5.51. The highest BCUT2D eigenvalue weighted by molar-refractivity contribution is 4.99. The quantitative estimate of drug-likeness (QED) is 0.795. The average Bonchev–Trinajstić information content (AvgIpc) is 2.99. The van der Waals surface area contributed by atoms with E-state index in [4.69, 9.17) is 4.74 Å². The normalized spacial score (nSPS) is 36.0. The van der Waals surface area contributed by atoms with Crippen molar-refractivity contribution in [3.8, 4) is 0 Å². The van der Waals surface area contributed by atoms with Gasteiger partial charge in [-0.2, -0.15) is 0 Å². The van der Waals surface area contributed by atoms with Gasteiger partial charge in [0.1, 0.15) is 0 Å². The van der Waals surface area contributed by atoms with Gasteiger partial charge in [-0.05, 0) is 44.4 Å². The molecule has 1 aliphatic heterocycles. The Morgan fingerprint density at radius 2 is 1.61 bits per heavy atom. The minimum Gasteiger partial charge on any atom is -0.390 e. The molecule has 0 aromatic heterocycles. The molecule has 0 aromatic carbocycles. The average molecular weight is 254 g/mol. The second-order valence-electron chi connectivity index (χ2n) is 6.75. The van der Waals surface area contributed by atoms with E-state index in [0.29, 0.717) is 0 Å². The summed E-state index contributed by atoms with van der Waals surface area (Å²) in [4.78, 5) is 0. The molecular weight excluding hydrogens is 228 g/mol. The van der Waals surface area contributed by atoms with Crippen molar-refractivity contribution in [3.63, 3.8) is 0 Å². The zero-order chi connectivity index (χ0) is 12.6. The number of ether oxygens (including phenoxy) is 1. The van der Waals surface area contributed by atoms with Crippen molar-refractivity contribution in [2.24, 2.45) is 5.92 Å². The zero-order valence-electron chi connectivity index (χ0n) is 11.2. The first-order valence-electron chi connectivity index (χ1n) is 7.68. The van der Waals surface area contributed by atoms with E-state index in [-0.39, 0.29) is 11.5 Å². The van der Waals surface area contributed by atoms with Crippen LogP contribution in [0.15, 0.2) is 0 Å². The third kappa shape index (κ3) is 2.21. The summed E-state index contributed by atoms with van der Waals surface area (Å²) in [6, 6.07) is 0. The first-order chi connectivity index (χ1) is 8.64. The van der Waals surface area contributed by atoms with Crippen molar-refractivity contribution in [2.45, 2.75) is 81.5 Å². The van der Waals surface area contributed by atoms with Gasteiger partial charge in [-0.25, -0.2) is 0 Å². The maximum atomic E-state index is 10.6. The summed E-state index contributed by atoms with van der Waals surface area (Å²) in [6.45, 7) is 0.762. The molecule has 3 aliphatic rings. The molecule has 0 aromatic rings. The van der Waals surface area contributed by atoms with Crippen molar-refractivity contribution in [1.82, 2.24) is 0 Å². The lowest BCUT2D eigenvalue weighted by molar-refractivity contribution is -0.153. The Kier molecular flexibility index (Phi) is 3.41. The maximum Gasteiger partial charge on any atom is 0.0908 e. The van der Waals surface area contributed by atoms with Crippen molar-refractivity contribution >= 4 is 0 Å². The summed E-state index contributed by atoms with van der Waals surface area (Å²) in [5.74, 6) is 0.236. The standard InChI is InChI=1S/C15H26O3/c16-13(15(17)8-3-4-9-15)12-5-10-18-14(11-12)6-1-2-7-14/h12-13,16-17H,1-11H2. The smallest absolute Gasteiger partial charge is 0.0908 e.